The van der Waals surface area contributed by atoms with Gasteiger partial charge in [-0.1, -0.05) is 364 Å². The third-order valence-electron chi connectivity index (χ3n) is 30.6. The summed E-state index contributed by atoms with van der Waals surface area (Å²) in [6, 6.07) is 171. The molecule has 6 nitrogen and oxygen atoms in total. The van der Waals surface area contributed by atoms with E-state index in [-0.39, 0.29) is 32.9 Å². The zero-order valence-corrected chi connectivity index (χ0v) is 86.8. The summed E-state index contributed by atoms with van der Waals surface area (Å²) in [5, 5.41) is 10.3. The minimum atomic E-state index is -0.169. The van der Waals surface area contributed by atoms with Crippen LogP contribution in [0.2, 0.25) is 0 Å². The van der Waals surface area contributed by atoms with Crippen molar-refractivity contribution in [2.24, 2.45) is 0 Å². The summed E-state index contributed by atoms with van der Waals surface area (Å²) in [5.74, 6) is 3.64. The van der Waals surface area contributed by atoms with Crippen LogP contribution in [-0.4, -0.2) is 23.3 Å². The molecular weight excluding hydrogens is 2000 g/mol. The smallest absolute Gasteiger partial charge is 0.131 e. The van der Waals surface area contributed by atoms with Gasteiger partial charge in [0.1, 0.15) is 11.5 Å². The average Bonchev–Trinajstić information content (AvgIpc) is 1.72. The van der Waals surface area contributed by atoms with Gasteiger partial charge in [-0.2, -0.15) is 0 Å². The van der Waals surface area contributed by atoms with Crippen LogP contribution in [-0.2, 0) is 25.5 Å². The molecule has 8 heteroatoms. The molecule has 0 saturated heterocycles. The number of benzene rings is 21. The van der Waals surface area contributed by atoms with Crippen LogP contribution in [0.4, 0.5) is 0 Å². The molecule has 0 atom stereocenters. The number of imidazole rings is 1. The molecule has 3 aliphatic rings. The Morgan fingerprint density at radius 3 is 1.04 bits per heavy atom. The number of ether oxygens (including phenoxy) is 1. The third kappa shape index (κ3) is 16.2. The van der Waals surface area contributed by atoms with E-state index in [2.05, 4.69) is 534 Å². The maximum atomic E-state index is 6.51. The Kier molecular flexibility index (Phi) is 24.5. The first kappa shape index (κ1) is 94.2. The number of aryl methyl sites for hydroxylation is 2. The van der Waals surface area contributed by atoms with Crippen LogP contribution in [0.5, 0.6) is 11.5 Å². The van der Waals surface area contributed by atoms with Crippen LogP contribution in [0.15, 0.2) is 473 Å². The number of hydrogen-bond donors (Lipinski definition) is 0. The summed E-state index contributed by atoms with van der Waals surface area (Å²) in [4.78, 5) is 4.68. The molecule has 2 aliphatic carbocycles. The molecule has 6 heterocycles. The van der Waals surface area contributed by atoms with E-state index in [9.17, 15) is 0 Å². The Hall–Kier alpha value is -17.1. The van der Waals surface area contributed by atoms with Crippen molar-refractivity contribution in [2.75, 3.05) is 0 Å². The molecule has 0 N–H and O–H groups in total. The second-order valence-electron chi connectivity index (χ2n) is 40.3. The Labute approximate surface area is 887 Å². The molecule has 149 heavy (non-hydrogen) atoms. The van der Waals surface area contributed by atoms with Crippen molar-refractivity contribution in [3.63, 3.8) is 0 Å². The number of rotatable bonds is 9. The number of aromatic nitrogens is 5. The minimum Gasteiger partial charge on any atom is -0.457 e. The summed E-state index contributed by atoms with van der Waals surface area (Å²) in [7, 11) is 0. The van der Waals surface area contributed by atoms with Gasteiger partial charge in [-0.3, -0.25) is 4.98 Å². The molecule has 0 saturated carbocycles. The zero-order valence-electron chi connectivity index (χ0n) is 83.6. The first-order valence-electron chi connectivity index (χ1n) is 51.2. The Morgan fingerprint density at radius 1 is 0.289 bits per heavy atom. The molecule has 719 valence electrons. The van der Waals surface area contributed by atoms with E-state index in [1.807, 2.05) is 35.7 Å². The number of fused-ring (bicyclic) bond motifs is 30. The van der Waals surface area contributed by atoms with Crippen molar-refractivity contribution in [1.29, 1.82) is 0 Å². The largest absolute Gasteiger partial charge is 0.457 e. The first-order valence-corrected chi connectivity index (χ1v) is 52.0. The molecule has 1 aliphatic heterocycles. The zero-order chi connectivity index (χ0) is 98.8. The standard InChI is InChI=1S/C41H32O.C36H22N2S.C36H23N.C27H27N2.CH4.Ir/c1-25-17-20-37-39(21-25)42-40-22-26(2)35(24-38(40)41(37,3)4)27-18-19-34-32-15-8-7-13-30(32)28-11-5-6-12-29(28)31-14-9-10-16-33(31)36(34)23-27;1-5-13-31-25(9-1)26-10-2-6-14-32(26)37(31)23-17-19-35-29(21-23)30-22-24(18-20-36(30)39-35)38-33-15-7-3-11-27(33)28-12-4-8-16-34(28)38;1-2-12-26-25(11-1)27-13-3-4-15-29(27)31-22-21-24(23-34(31)30-16-6-5-14-28(26)30)37-35-19-9-7-17-32(35)33-18-8-10-20-36(33)37;1-19(2)24-17-23(21-11-7-5-8-12-21)18-25(20(3)4)26(24)29-16-15-28-27(29)22-13-9-6-10-14-22;;/h5-24H,1-4H3;1-22H;1-23H;5-13,15-20H,1-4H3;1H4;/q;;;-1;;. The van der Waals surface area contributed by atoms with Crippen LogP contribution in [0.25, 0.3) is 231 Å². The van der Waals surface area contributed by atoms with Gasteiger partial charge in [0.15, 0.2) is 0 Å². The van der Waals surface area contributed by atoms with Crippen LogP contribution in [0.3, 0.4) is 0 Å². The Morgan fingerprint density at radius 2 is 0.638 bits per heavy atom. The van der Waals surface area contributed by atoms with Crippen molar-refractivity contribution in [2.45, 2.75) is 80.1 Å². The molecular formula is C141H108IrN5OS-. The summed E-state index contributed by atoms with van der Waals surface area (Å²) >= 11 is 1.87. The normalized spacial score (nSPS) is 12.1. The van der Waals surface area contributed by atoms with Crippen LogP contribution < -0.4 is 4.74 Å². The topological polar surface area (TPSA) is 41.8 Å². The van der Waals surface area contributed by atoms with Crippen molar-refractivity contribution in [3.05, 3.63) is 513 Å². The van der Waals surface area contributed by atoms with Gasteiger partial charge in [0.25, 0.3) is 0 Å². The van der Waals surface area contributed by atoms with Gasteiger partial charge in [0.2, 0.25) is 0 Å². The summed E-state index contributed by atoms with van der Waals surface area (Å²) < 4.78 is 18.6. The Balaban J connectivity index is 0.000000106. The van der Waals surface area contributed by atoms with E-state index >= 15 is 0 Å². The van der Waals surface area contributed by atoms with E-state index < -0.39 is 0 Å². The van der Waals surface area contributed by atoms with Crippen molar-refractivity contribution in [1.82, 2.24) is 23.3 Å². The molecule has 0 unspecified atom stereocenters. The monoisotopic (exact) mass is 2110 g/mol. The molecule has 0 bridgehead atoms. The van der Waals surface area contributed by atoms with Crippen LogP contribution in [0, 0.1) is 19.9 Å². The molecule has 1 radical (unpaired) electrons. The van der Waals surface area contributed by atoms with Gasteiger partial charge in [-0.05, 0) is 281 Å². The minimum absolute atomic E-state index is 0. The van der Waals surface area contributed by atoms with E-state index in [0.717, 1.165) is 22.9 Å². The molecule has 5 aromatic heterocycles. The van der Waals surface area contributed by atoms with E-state index in [1.54, 1.807) is 0 Å². The molecule has 0 amide bonds. The van der Waals surface area contributed by atoms with E-state index in [1.165, 1.54) is 253 Å². The average molecular weight is 2110 g/mol. The van der Waals surface area contributed by atoms with Crippen LogP contribution in [0.1, 0.15) is 94.2 Å². The van der Waals surface area contributed by atoms with Gasteiger partial charge >= 0.3 is 0 Å². The fourth-order valence-electron chi connectivity index (χ4n) is 23.6. The fourth-order valence-corrected chi connectivity index (χ4v) is 24.6. The summed E-state index contributed by atoms with van der Waals surface area (Å²) in [5.41, 5.74) is 46.0. The first-order chi connectivity index (χ1) is 72.2. The fraction of sp³-hybridized carbons (Fsp3) is 0.0851. The van der Waals surface area contributed by atoms with E-state index in [4.69, 9.17) is 4.74 Å². The van der Waals surface area contributed by atoms with Crippen molar-refractivity contribution < 1.29 is 24.8 Å². The number of hydrogen-bond acceptors (Lipinski definition) is 3. The summed E-state index contributed by atoms with van der Waals surface area (Å²) in [6.45, 7) is 18.0. The van der Waals surface area contributed by atoms with Gasteiger partial charge in [-0.25, -0.2) is 0 Å². The quantitative estimate of drug-likeness (QED) is 0.135. The number of para-hydroxylation sites is 6. The summed E-state index contributed by atoms with van der Waals surface area (Å²) in [6.07, 6.45) is 3.96. The van der Waals surface area contributed by atoms with Gasteiger partial charge in [-0.15, -0.1) is 47.2 Å². The van der Waals surface area contributed by atoms with Gasteiger partial charge in [0, 0.05) is 124 Å². The molecule has 21 aromatic carbocycles. The maximum absolute atomic E-state index is 6.51. The predicted molar refractivity (Wildman–Crippen MR) is 628 cm³/mol. The second-order valence-corrected chi connectivity index (χ2v) is 41.4. The molecule has 0 spiro atoms. The maximum Gasteiger partial charge on any atom is 0.131 e. The number of thiophene rings is 1. The SMILES string of the molecule is C.CC(C)c1cc(-c2ccccc2)cc(C(C)C)c1-n1ccnc1-c1[c-]cccc1.Cc1ccc2c(c1)Oc1cc(C)c(-c3ccc4c(c3)-c3ccccc3-c3ccccc3-c3ccccc3-4)cc1C2(C)C.[Ir].c1ccc2c(c1)-c1ccccc1-c1ccc(-n3c4ccccc4c4ccccc43)cc1-c1ccccc1-2.c1ccc2c(c1)c1ccccc1n2-c1ccc2sc3ccc(-n4c5ccccc5c5ccccc54)cc3c2c1. The van der Waals surface area contributed by atoms with Crippen molar-refractivity contribution >= 4 is 96.9 Å². The van der Waals surface area contributed by atoms with Gasteiger partial charge in [0.05, 0.1) is 38.9 Å². The van der Waals surface area contributed by atoms with Crippen molar-refractivity contribution in [3.8, 4) is 157 Å². The Bertz CT molecular complexity index is 9370. The third-order valence-corrected chi connectivity index (χ3v) is 31.7. The number of nitrogens with zero attached hydrogens (tertiary/aromatic N) is 5. The van der Waals surface area contributed by atoms with Gasteiger partial charge < -0.3 is 23.0 Å². The second kappa shape index (κ2) is 38.7. The molecule has 0 fully saturated rings. The predicted octanol–water partition coefficient (Wildman–Crippen LogP) is 39.3. The molecule has 26 aromatic rings. The molecule has 29 rings (SSSR count). The van der Waals surface area contributed by atoms with Crippen LogP contribution >= 0.6 is 11.3 Å². The van der Waals surface area contributed by atoms with E-state index in [0.29, 0.717) is 11.8 Å².